The largest absolute Gasteiger partial charge is 0.364 e. The maximum Gasteiger partial charge on any atom is 0.268 e. The molecule has 0 spiro atoms. The Morgan fingerprint density at radius 2 is 1.77 bits per heavy atom. The summed E-state index contributed by atoms with van der Waals surface area (Å²) in [6.07, 6.45) is 2.36. The van der Waals surface area contributed by atoms with Gasteiger partial charge in [-0.15, -0.1) is 11.3 Å². The Bertz CT molecular complexity index is 1310. The lowest BCUT2D eigenvalue weighted by Crippen LogP contribution is -2.11. The molecule has 0 fully saturated rings. The van der Waals surface area contributed by atoms with Gasteiger partial charge in [0.1, 0.15) is 5.69 Å². The second kappa shape index (κ2) is 7.82. The van der Waals surface area contributed by atoms with Gasteiger partial charge in [-0.2, -0.15) is 5.10 Å². The highest BCUT2D eigenvalue weighted by Crippen LogP contribution is 2.27. The van der Waals surface area contributed by atoms with Gasteiger partial charge in [-0.1, -0.05) is 42.5 Å². The number of hydrogen-bond acceptors (Lipinski definition) is 6. The number of hydrogen-bond donors (Lipinski definition) is 2. The average molecular weight is 440 g/mol. The van der Waals surface area contributed by atoms with Crippen LogP contribution in [0.2, 0.25) is 0 Å². The third-order valence-electron chi connectivity index (χ3n) is 4.42. The molecular weight excluding hydrogens is 422 g/mol. The molecule has 0 aliphatic rings. The van der Waals surface area contributed by atoms with E-state index in [0.29, 0.717) is 11.6 Å². The van der Waals surface area contributed by atoms with Gasteiger partial charge in [0.15, 0.2) is 0 Å². The molecule has 0 atom stereocenters. The summed E-state index contributed by atoms with van der Waals surface area (Å²) >= 11 is 1.27. The third kappa shape index (κ3) is 4.15. The average Bonchev–Trinajstić information content (AvgIpc) is 3.36. The van der Waals surface area contributed by atoms with Crippen LogP contribution < -0.4 is 10.9 Å². The van der Waals surface area contributed by atoms with Crippen LogP contribution in [0, 0.1) is 0 Å². The minimum atomic E-state index is -3.74. The number of carbonyl (C=O) groups excluding carboxylic acids is 1. The highest BCUT2D eigenvalue weighted by molar-refractivity contribution is 7.89. The van der Waals surface area contributed by atoms with Crippen LogP contribution in [0.1, 0.15) is 21.6 Å². The van der Waals surface area contributed by atoms with Crippen LogP contribution in [0.5, 0.6) is 0 Å². The molecule has 0 bridgehead atoms. The maximum absolute atomic E-state index is 11.5. The Hall–Kier alpha value is -3.34. The van der Waals surface area contributed by atoms with Gasteiger partial charge in [0, 0.05) is 29.1 Å². The first-order chi connectivity index (χ1) is 14.3. The van der Waals surface area contributed by atoms with E-state index in [1.165, 1.54) is 23.5 Å². The molecule has 0 saturated heterocycles. The molecule has 2 aromatic carbocycles. The number of thiazole rings is 1. The molecule has 0 radical (unpaired) electrons. The van der Waals surface area contributed by atoms with Gasteiger partial charge < -0.3 is 5.73 Å². The van der Waals surface area contributed by atoms with E-state index in [9.17, 15) is 13.2 Å². The predicted octanol–water partition coefficient (Wildman–Crippen LogP) is 2.33. The zero-order chi connectivity index (χ0) is 21.3. The van der Waals surface area contributed by atoms with Crippen molar-refractivity contribution in [2.24, 2.45) is 10.9 Å². The van der Waals surface area contributed by atoms with E-state index in [4.69, 9.17) is 10.9 Å². The highest BCUT2D eigenvalue weighted by atomic mass is 32.2. The van der Waals surface area contributed by atoms with Crippen molar-refractivity contribution in [1.82, 2.24) is 14.8 Å². The molecule has 152 valence electrons. The van der Waals surface area contributed by atoms with Crippen LogP contribution in [-0.2, 0) is 16.4 Å². The fraction of sp³-hybridized carbons (Fsp3) is 0.0500. The molecule has 8 nitrogen and oxygen atoms in total. The molecule has 4 aromatic rings. The fourth-order valence-corrected chi connectivity index (χ4v) is 4.23. The molecule has 1 amide bonds. The summed E-state index contributed by atoms with van der Waals surface area (Å²) in [5.41, 5.74) is 9.00. The zero-order valence-electron chi connectivity index (χ0n) is 15.6. The Morgan fingerprint density at radius 3 is 2.37 bits per heavy atom. The van der Waals surface area contributed by atoms with Crippen molar-refractivity contribution in [3.05, 3.63) is 83.0 Å². The first-order valence-corrected chi connectivity index (χ1v) is 11.3. The number of amides is 1. The number of rotatable bonds is 6. The maximum atomic E-state index is 11.5. The van der Waals surface area contributed by atoms with E-state index in [-0.39, 0.29) is 10.6 Å². The number of primary amides is 1. The highest BCUT2D eigenvalue weighted by Gasteiger charge is 2.16. The number of nitrogens with two attached hydrogens (primary N) is 2. The molecule has 0 saturated carbocycles. The molecular formula is C20H17N5O3S2. The van der Waals surface area contributed by atoms with Gasteiger partial charge in [0.05, 0.1) is 10.6 Å². The van der Waals surface area contributed by atoms with E-state index in [1.54, 1.807) is 22.2 Å². The van der Waals surface area contributed by atoms with E-state index < -0.39 is 15.9 Å². The topological polar surface area (TPSA) is 134 Å². The predicted molar refractivity (Wildman–Crippen MR) is 114 cm³/mol. The molecule has 0 aliphatic carbocycles. The molecule has 2 aromatic heterocycles. The van der Waals surface area contributed by atoms with Crippen molar-refractivity contribution in [1.29, 1.82) is 0 Å². The van der Waals surface area contributed by atoms with Gasteiger partial charge >= 0.3 is 0 Å². The molecule has 4 rings (SSSR count). The van der Waals surface area contributed by atoms with Crippen LogP contribution in [0.25, 0.3) is 16.4 Å². The lowest BCUT2D eigenvalue weighted by molar-refractivity contribution is 0.0996. The number of aromatic nitrogens is 3. The zero-order valence-corrected chi connectivity index (χ0v) is 17.2. The number of nitrogens with zero attached hydrogens (tertiary/aromatic N) is 3. The first kappa shape index (κ1) is 20.0. The van der Waals surface area contributed by atoms with Crippen LogP contribution >= 0.6 is 11.3 Å². The lowest BCUT2D eigenvalue weighted by Gasteiger charge is -2.04. The molecule has 2 heterocycles. The summed E-state index contributed by atoms with van der Waals surface area (Å²) in [6.45, 7) is 0. The second-order valence-electron chi connectivity index (χ2n) is 6.56. The van der Waals surface area contributed by atoms with Gasteiger partial charge in [0.25, 0.3) is 5.91 Å². The standard InChI is InChI=1S/C20H17N5O3S2/c21-19(26)17-12-29-20(23-17)25-11-15(18(24-25)14-4-2-1-3-5-14)10-13-6-8-16(9-7-13)30(22,27)28/h1-9,11-12H,10H2,(H2,21,26)(H2,22,27,28). The normalized spacial score (nSPS) is 11.5. The Morgan fingerprint density at radius 1 is 1.07 bits per heavy atom. The summed E-state index contributed by atoms with van der Waals surface area (Å²) in [5.74, 6) is -0.594. The van der Waals surface area contributed by atoms with Crippen LogP contribution in [0.4, 0.5) is 0 Å². The monoisotopic (exact) mass is 439 g/mol. The summed E-state index contributed by atoms with van der Waals surface area (Å²) in [5, 5.41) is 12.0. The van der Waals surface area contributed by atoms with Crippen LogP contribution in [-0.4, -0.2) is 29.1 Å². The smallest absolute Gasteiger partial charge is 0.268 e. The number of benzene rings is 2. The Balaban J connectivity index is 1.73. The first-order valence-electron chi connectivity index (χ1n) is 8.82. The van der Waals surface area contributed by atoms with Crippen molar-refractivity contribution in [3.8, 4) is 16.4 Å². The van der Waals surface area contributed by atoms with Gasteiger partial charge in [-0.05, 0) is 17.7 Å². The van der Waals surface area contributed by atoms with Crippen molar-refractivity contribution < 1.29 is 13.2 Å². The number of carbonyl (C=O) groups is 1. The molecule has 0 unspecified atom stereocenters. The van der Waals surface area contributed by atoms with Crippen molar-refractivity contribution in [3.63, 3.8) is 0 Å². The summed E-state index contributed by atoms with van der Waals surface area (Å²) in [7, 11) is -3.74. The van der Waals surface area contributed by atoms with Crippen molar-refractivity contribution in [2.75, 3.05) is 0 Å². The molecule has 30 heavy (non-hydrogen) atoms. The van der Waals surface area contributed by atoms with Gasteiger partial charge in [-0.25, -0.2) is 23.2 Å². The summed E-state index contributed by atoms with van der Waals surface area (Å²) in [6, 6.07) is 16.1. The number of sulfonamides is 1. The third-order valence-corrected chi connectivity index (χ3v) is 6.18. The number of primary sulfonamides is 1. The van der Waals surface area contributed by atoms with Crippen LogP contribution in [0.15, 0.2) is 71.1 Å². The molecule has 10 heteroatoms. The van der Waals surface area contributed by atoms with E-state index in [1.807, 2.05) is 36.5 Å². The van der Waals surface area contributed by atoms with Crippen molar-refractivity contribution in [2.45, 2.75) is 11.3 Å². The fourth-order valence-electron chi connectivity index (χ4n) is 2.98. The minimum absolute atomic E-state index is 0.0620. The minimum Gasteiger partial charge on any atom is -0.364 e. The van der Waals surface area contributed by atoms with E-state index in [0.717, 1.165) is 22.4 Å². The van der Waals surface area contributed by atoms with Gasteiger partial charge in [0.2, 0.25) is 15.2 Å². The summed E-state index contributed by atoms with van der Waals surface area (Å²) in [4.78, 5) is 15.7. The Labute approximate surface area is 176 Å². The molecule has 4 N–H and O–H groups in total. The van der Waals surface area contributed by atoms with Crippen LogP contribution in [0.3, 0.4) is 0 Å². The van der Waals surface area contributed by atoms with E-state index >= 15 is 0 Å². The van der Waals surface area contributed by atoms with Crippen molar-refractivity contribution >= 4 is 27.3 Å². The quantitative estimate of drug-likeness (QED) is 0.475. The second-order valence-corrected chi connectivity index (χ2v) is 8.96. The van der Waals surface area contributed by atoms with Gasteiger partial charge in [-0.3, -0.25) is 4.79 Å². The lowest BCUT2D eigenvalue weighted by atomic mass is 10.0. The van der Waals surface area contributed by atoms with E-state index in [2.05, 4.69) is 10.1 Å². The SMILES string of the molecule is NC(=O)c1csc(-n2cc(Cc3ccc(S(N)(=O)=O)cc3)c(-c3ccccc3)n2)n1. The molecule has 0 aliphatic heterocycles. The summed E-state index contributed by atoms with van der Waals surface area (Å²) < 4.78 is 24.6. The Kier molecular flexibility index (Phi) is 5.20.